The first-order valence-corrected chi connectivity index (χ1v) is 8.55. The summed E-state index contributed by atoms with van der Waals surface area (Å²) in [6.45, 7) is 5.74. The second kappa shape index (κ2) is 8.08. The quantitative estimate of drug-likeness (QED) is 0.746. The van der Waals surface area contributed by atoms with Crippen molar-refractivity contribution in [2.75, 3.05) is 29.1 Å². The van der Waals surface area contributed by atoms with Gasteiger partial charge in [0.1, 0.15) is 0 Å². The van der Waals surface area contributed by atoms with Gasteiger partial charge in [0.15, 0.2) is 0 Å². The first-order chi connectivity index (χ1) is 11.0. The van der Waals surface area contributed by atoms with Crippen LogP contribution in [0.3, 0.4) is 0 Å². The monoisotopic (exact) mass is 353 g/mol. The van der Waals surface area contributed by atoms with Crippen LogP contribution in [0.4, 0.5) is 21.9 Å². The zero-order valence-corrected chi connectivity index (χ0v) is 14.7. The standard InChI is InChI=1S/C16H20ClN3O2S/c1-3-20(10-12-6-8-15(17)23-12)11-5-7-14(13(18)9-11)19-16(21)22-4-2/h5-9H,3-4,10,18H2,1-2H3,(H,19,21). The number of hydrogen-bond acceptors (Lipinski definition) is 5. The summed E-state index contributed by atoms with van der Waals surface area (Å²) in [5, 5.41) is 2.63. The number of carbonyl (C=O) groups excluding carboxylic acids is 1. The molecule has 3 N–H and O–H groups in total. The van der Waals surface area contributed by atoms with Crippen LogP contribution >= 0.6 is 22.9 Å². The molecule has 0 fully saturated rings. The van der Waals surface area contributed by atoms with E-state index in [9.17, 15) is 4.79 Å². The van der Waals surface area contributed by atoms with E-state index in [0.717, 1.165) is 23.1 Å². The van der Waals surface area contributed by atoms with Crippen molar-refractivity contribution in [1.29, 1.82) is 0 Å². The SMILES string of the molecule is CCOC(=O)Nc1ccc(N(CC)Cc2ccc(Cl)s2)cc1N. The van der Waals surface area contributed by atoms with Gasteiger partial charge in [0.2, 0.25) is 0 Å². The Morgan fingerprint density at radius 1 is 1.35 bits per heavy atom. The Labute approximate surface area is 145 Å². The number of thiophene rings is 1. The molecule has 0 aliphatic carbocycles. The molecule has 1 aromatic carbocycles. The molecule has 0 aliphatic heterocycles. The Bertz CT molecular complexity index is 675. The third kappa shape index (κ3) is 4.77. The van der Waals surface area contributed by atoms with Crippen LogP contribution in [0.5, 0.6) is 0 Å². The molecule has 0 radical (unpaired) electrons. The van der Waals surface area contributed by atoms with Gasteiger partial charge in [-0.25, -0.2) is 4.79 Å². The molecule has 1 heterocycles. The minimum absolute atomic E-state index is 0.316. The number of nitrogens with zero attached hydrogens (tertiary/aromatic N) is 1. The maximum absolute atomic E-state index is 11.5. The Morgan fingerprint density at radius 3 is 2.70 bits per heavy atom. The molecule has 124 valence electrons. The number of halogens is 1. The fraction of sp³-hybridized carbons (Fsp3) is 0.312. The predicted molar refractivity (Wildman–Crippen MR) is 97.6 cm³/mol. The van der Waals surface area contributed by atoms with Crippen molar-refractivity contribution in [2.24, 2.45) is 0 Å². The highest BCUT2D eigenvalue weighted by molar-refractivity contribution is 7.16. The summed E-state index contributed by atoms with van der Waals surface area (Å²) in [7, 11) is 0. The van der Waals surface area contributed by atoms with Gasteiger partial charge < -0.3 is 15.4 Å². The van der Waals surface area contributed by atoms with E-state index in [1.165, 1.54) is 4.88 Å². The number of benzene rings is 1. The van der Waals surface area contributed by atoms with Gasteiger partial charge in [-0.15, -0.1) is 11.3 Å². The lowest BCUT2D eigenvalue weighted by atomic mass is 10.2. The fourth-order valence-electron chi connectivity index (χ4n) is 2.15. The summed E-state index contributed by atoms with van der Waals surface area (Å²) in [5.41, 5.74) is 8.07. The molecule has 1 amide bonds. The molecule has 2 aromatic rings. The predicted octanol–water partition coefficient (Wildman–Crippen LogP) is 4.58. The molecule has 0 atom stereocenters. The number of hydrogen-bond donors (Lipinski definition) is 2. The summed E-state index contributed by atoms with van der Waals surface area (Å²) in [5.74, 6) is 0. The van der Waals surface area contributed by atoms with Crippen LogP contribution in [0.1, 0.15) is 18.7 Å². The normalized spacial score (nSPS) is 10.4. The van der Waals surface area contributed by atoms with Gasteiger partial charge in [-0.05, 0) is 44.2 Å². The van der Waals surface area contributed by atoms with E-state index in [0.29, 0.717) is 18.0 Å². The molecule has 0 bridgehead atoms. The van der Waals surface area contributed by atoms with Crippen molar-refractivity contribution in [2.45, 2.75) is 20.4 Å². The lowest BCUT2D eigenvalue weighted by Crippen LogP contribution is -2.22. The van der Waals surface area contributed by atoms with E-state index < -0.39 is 6.09 Å². The Hall–Kier alpha value is -1.92. The molecule has 0 saturated carbocycles. The van der Waals surface area contributed by atoms with Gasteiger partial charge in [0.25, 0.3) is 0 Å². The zero-order valence-electron chi connectivity index (χ0n) is 13.1. The third-order valence-electron chi connectivity index (χ3n) is 3.27. The molecule has 0 saturated heterocycles. The van der Waals surface area contributed by atoms with Gasteiger partial charge in [0.05, 0.1) is 28.9 Å². The second-order valence-electron chi connectivity index (χ2n) is 4.84. The summed E-state index contributed by atoms with van der Waals surface area (Å²) in [6.07, 6.45) is -0.507. The van der Waals surface area contributed by atoms with Gasteiger partial charge >= 0.3 is 6.09 Å². The largest absolute Gasteiger partial charge is 0.450 e. The summed E-state index contributed by atoms with van der Waals surface area (Å²) >= 11 is 7.55. The van der Waals surface area contributed by atoms with E-state index in [2.05, 4.69) is 17.1 Å². The molecule has 0 spiro atoms. The van der Waals surface area contributed by atoms with E-state index in [1.807, 2.05) is 24.3 Å². The van der Waals surface area contributed by atoms with E-state index >= 15 is 0 Å². The maximum atomic E-state index is 11.5. The number of nitrogens with one attached hydrogen (secondary N) is 1. The second-order valence-corrected chi connectivity index (χ2v) is 6.64. The Morgan fingerprint density at radius 2 is 2.13 bits per heavy atom. The van der Waals surface area contributed by atoms with Crippen molar-refractivity contribution in [3.63, 3.8) is 0 Å². The number of anilines is 3. The molecule has 7 heteroatoms. The molecular formula is C16H20ClN3O2S. The van der Waals surface area contributed by atoms with Crippen LogP contribution in [0, 0.1) is 0 Å². The highest BCUT2D eigenvalue weighted by Crippen LogP contribution is 2.28. The summed E-state index contributed by atoms with van der Waals surface area (Å²) in [4.78, 5) is 14.8. The lowest BCUT2D eigenvalue weighted by molar-refractivity contribution is 0.168. The number of rotatable bonds is 6. The van der Waals surface area contributed by atoms with Crippen molar-refractivity contribution in [1.82, 2.24) is 0 Å². The smallest absolute Gasteiger partial charge is 0.411 e. The van der Waals surface area contributed by atoms with Crippen LogP contribution in [0.25, 0.3) is 0 Å². The number of carbonyl (C=O) groups is 1. The zero-order chi connectivity index (χ0) is 16.8. The Kier molecular flexibility index (Phi) is 6.12. The summed E-state index contributed by atoms with van der Waals surface area (Å²) < 4.78 is 5.64. The van der Waals surface area contributed by atoms with Crippen LogP contribution in [0.15, 0.2) is 30.3 Å². The van der Waals surface area contributed by atoms with Crippen LogP contribution in [-0.2, 0) is 11.3 Å². The van der Waals surface area contributed by atoms with Crippen LogP contribution in [-0.4, -0.2) is 19.2 Å². The van der Waals surface area contributed by atoms with E-state index in [4.69, 9.17) is 22.1 Å². The highest BCUT2D eigenvalue weighted by atomic mass is 35.5. The number of nitrogen functional groups attached to an aromatic ring is 1. The molecule has 23 heavy (non-hydrogen) atoms. The number of ether oxygens (including phenoxy) is 1. The van der Waals surface area contributed by atoms with Crippen molar-refractivity contribution in [3.8, 4) is 0 Å². The van der Waals surface area contributed by atoms with Gasteiger partial charge in [-0.2, -0.15) is 0 Å². The van der Waals surface area contributed by atoms with Crippen LogP contribution in [0.2, 0.25) is 4.34 Å². The van der Waals surface area contributed by atoms with E-state index in [-0.39, 0.29) is 0 Å². The molecule has 1 aromatic heterocycles. The molecule has 0 unspecified atom stereocenters. The summed E-state index contributed by atoms with van der Waals surface area (Å²) in [6, 6.07) is 9.48. The van der Waals surface area contributed by atoms with Crippen molar-refractivity contribution >= 4 is 46.1 Å². The minimum Gasteiger partial charge on any atom is -0.450 e. The fourth-order valence-corrected chi connectivity index (χ4v) is 3.25. The van der Waals surface area contributed by atoms with Crippen LogP contribution < -0.4 is 16.0 Å². The average molecular weight is 354 g/mol. The average Bonchev–Trinajstić information content (AvgIpc) is 2.92. The molecule has 5 nitrogen and oxygen atoms in total. The number of nitrogens with two attached hydrogens (primary N) is 1. The highest BCUT2D eigenvalue weighted by Gasteiger charge is 2.11. The molecular weight excluding hydrogens is 334 g/mol. The topological polar surface area (TPSA) is 67.6 Å². The van der Waals surface area contributed by atoms with Gasteiger partial charge in [-0.1, -0.05) is 11.6 Å². The van der Waals surface area contributed by atoms with Gasteiger partial charge in [0, 0.05) is 17.1 Å². The maximum Gasteiger partial charge on any atom is 0.411 e. The van der Waals surface area contributed by atoms with Crippen molar-refractivity contribution < 1.29 is 9.53 Å². The molecule has 0 aliphatic rings. The first-order valence-electron chi connectivity index (χ1n) is 7.36. The third-order valence-corrected chi connectivity index (χ3v) is 4.49. The minimum atomic E-state index is -0.507. The first kappa shape index (κ1) is 17.4. The van der Waals surface area contributed by atoms with E-state index in [1.54, 1.807) is 24.3 Å². The molecule has 2 rings (SSSR count). The lowest BCUT2D eigenvalue weighted by Gasteiger charge is -2.23. The van der Waals surface area contributed by atoms with Crippen molar-refractivity contribution in [3.05, 3.63) is 39.5 Å². The number of amides is 1. The Balaban J connectivity index is 2.12. The van der Waals surface area contributed by atoms with Gasteiger partial charge in [-0.3, -0.25) is 5.32 Å².